The molecule has 13 heavy (non-hydrogen) atoms. The molecule has 0 aromatic carbocycles. The molecule has 0 aliphatic rings. The Morgan fingerprint density at radius 1 is 1.08 bits per heavy atom. The summed E-state index contributed by atoms with van der Waals surface area (Å²) in [6.45, 7) is 0. The van der Waals surface area contributed by atoms with Gasteiger partial charge in [0.15, 0.2) is 0 Å². The summed E-state index contributed by atoms with van der Waals surface area (Å²) in [5.74, 6) is 0. The van der Waals surface area contributed by atoms with Crippen LogP contribution < -0.4 is 0 Å². The van der Waals surface area contributed by atoms with E-state index < -0.39 is 20.2 Å². The van der Waals surface area contributed by atoms with Crippen molar-refractivity contribution >= 4 is 20.2 Å². The van der Waals surface area contributed by atoms with Gasteiger partial charge in [0, 0.05) is 12.5 Å². The maximum Gasteiger partial charge on any atom is 0.0916 e. The molecule has 0 radical (unpaired) electrons. The highest BCUT2D eigenvalue weighted by Crippen LogP contribution is 1.60. The minimum absolute atomic E-state index is 0.604. The van der Waals surface area contributed by atoms with Crippen molar-refractivity contribution < 1.29 is 25.9 Å². The second-order valence-electron chi connectivity index (χ2n) is 1.51. The quantitative estimate of drug-likeness (QED) is 0.248. The molecule has 0 fully saturated rings. The van der Waals surface area contributed by atoms with E-state index in [1.165, 1.54) is 0 Å². The van der Waals surface area contributed by atoms with E-state index in [1.807, 2.05) is 0 Å². The molecule has 80 valence electrons. The third-order valence-electron chi connectivity index (χ3n) is 0. The summed E-state index contributed by atoms with van der Waals surface area (Å²) in [5.41, 5.74) is 12.2. The Morgan fingerprint density at radius 2 is 1.08 bits per heavy atom. The lowest BCUT2D eigenvalue weighted by molar-refractivity contribution is 0.468. The van der Waals surface area contributed by atoms with Gasteiger partial charge in [-0.05, 0) is 10.4 Å². The van der Waals surface area contributed by atoms with E-state index in [0.717, 1.165) is 0 Å². The third kappa shape index (κ3) is 1230. The number of rotatable bonds is 0. The van der Waals surface area contributed by atoms with Gasteiger partial charge in [0.25, 0.3) is 0 Å². The second-order valence-corrected chi connectivity index (χ2v) is 4.32. The highest BCUT2D eigenvalue weighted by Gasteiger charge is 1.66. The van der Waals surface area contributed by atoms with Crippen LogP contribution in [0.3, 0.4) is 0 Å². The van der Waals surface area contributed by atoms with Gasteiger partial charge in [0.2, 0.25) is 0 Å². The summed E-state index contributed by atoms with van der Waals surface area (Å²) >= 11 is 0. The standard InChI is InChI=1S/2CH4O3S.HN3/c2*1-5(2,3)4;1-3-2/h2*1H3,(H,2,3,4);1H/p-2. The molecule has 0 amide bonds. The largest absolute Gasteiger partial charge is 0.748 e. The van der Waals surface area contributed by atoms with E-state index >= 15 is 0 Å². The van der Waals surface area contributed by atoms with Crippen molar-refractivity contribution in [2.24, 2.45) is 0 Å². The molecule has 0 unspecified atom stereocenters. The van der Waals surface area contributed by atoms with E-state index in [9.17, 15) is 0 Å². The Labute approximate surface area is 75.3 Å². The SMILES string of the molecule is CS(=O)(=O)[O-].CS(=O)(=O)[O-].[N-]=[N+]=N. The van der Waals surface area contributed by atoms with Gasteiger partial charge in [-0.15, -0.1) is 5.53 Å². The van der Waals surface area contributed by atoms with E-state index in [-0.39, 0.29) is 0 Å². The Bertz CT molecular complexity index is 288. The molecule has 0 aliphatic carbocycles. The van der Waals surface area contributed by atoms with Crippen molar-refractivity contribution in [3.8, 4) is 0 Å². The zero-order chi connectivity index (χ0) is 11.7. The average molecular weight is 233 g/mol. The highest BCUT2D eigenvalue weighted by molar-refractivity contribution is 7.85. The summed E-state index contributed by atoms with van der Waals surface area (Å²) in [4.78, 5) is 1.75. The molecule has 11 heteroatoms. The molecule has 0 atom stereocenters. The van der Waals surface area contributed by atoms with Crippen molar-refractivity contribution in [2.75, 3.05) is 12.5 Å². The predicted octanol–water partition coefficient (Wildman–Crippen LogP) is -0.802. The van der Waals surface area contributed by atoms with Crippen LogP contribution in [0.15, 0.2) is 0 Å². The third-order valence-corrected chi connectivity index (χ3v) is 0. The minimum Gasteiger partial charge on any atom is -0.748 e. The van der Waals surface area contributed by atoms with Crippen molar-refractivity contribution in [1.29, 1.82) is 5.53 Å². The summed E-state index contributed by atoms with van der Waals surface area (Å²) in [5, 5.41) is 0. The van der Waals surface area contributed by atoms with Gasteiger partial charge in [-0.25, -0.2) is 16.8 Å². The lowest BCUT2D eigenvalue weighted by atomic mass is 12.0. The zero-order valence-electron chi connectivity index (χ0n) is 6.66. The smallest absolute Gasteiger partial charge is 0.0916 e. The molecule has 1 N–H and O–H groups in total. The molecule has 0 aromatic heterocycles. The Balaban J connectivity index is -0.000000120. The van der Waals surface area contributed by atoms with Crippen molar-refractivity contribution in [1.82, 2.24) is 0 Å². The van der Waals surface area contributed by atoms with Gasteiger partial charge in [0.05, 0.1) is 20.2 Å². The fraction of sp³-hybridized carbons (Fsp3) is 1.00. The topological polar surface area (TPSA) is 175 Å². The minimum atomic E-state index is -3.92. The van der Waals surface area contributed by atoms with Crippen LogP contribution in [0.25, 0.3) is 10.4 Å². The van der Waals surface area contributed by atoms with E-state index in [0.29, 0.717) is 12.5 Å². The van der Waals surface area contributed by atoms with Crippen LogP contribution in [0.5, 0.6) is 0 Å². The van der Waals surface area contributed by atoms with Crippen LogP contribution in [-0.4, -0.2) is 38.5 Å². The highest BCUT2D eigenvalue weighted by atomic mass is 32.2. The van der Waals surface area contributed by atoms with Crippen LogP contribution in [0.2, 0.25) is 0 Å². The maximum atomic E-state index is 9.08. The number of nitrogens with zero attached hydrogens (tertiary/aromatic N) is 2. The first-order valence-corrected chi connectivity index (χ1v) is 5.87. The van der Waals surface area contributed by atoms with Crippen LogP contribution in [0, 0.1) is 5.53 Å². The Kier molecular flexibility index (Phi) is 10.8. The fourth-order valence-electron chi connectivity index (χ4n) is 0. The van der Waals surface area contributed by atoms with Crippen LogP contribution in [-0.2, 0) is 20.2 Å². The molecule has 0 aromatic rings. The lowest BCUT2D eigenvalue weighted by Gasteiger charge is -1.90. The monoisotopic (exact) mass is 233 g/mol. The van der Waals surface area contributed by atoms with Crippen molar-refractivity contribution in [3.63, 3.8) is 0 Å². The first kappa shape index (κ1) is 18.0. The summed E-state index contributed by atoms with van der Waals surface area (Å²) in [7, 11) is -7.83. The van der Waals surface area contributed by atoms with Crippen LogP contribution in [0.4, 0.5) is 0 Å². The number of hydrogen-bond acceptors (Lipinski definition) is 7. The maximum absolute atomic E-state index is 9.08. The van der Waals surface area contributed by atoms with E-state index in [2.05, 4.69) is 0 Å². The fourth-order valence-corrected chi connectivity index (χ4v) is 0. The Morgan fingerprint density at radius 3 is 1.08 bits per heavy atom. The zero-order valence-corrected chi connectivity index (χ0v) is 8.29. The first-order valence-electron chi connectivity index (χ1n) is 2.24. The van der Waals surface area contributed by atoms with Crippen molar-refractivity contribution in [3.05, 3.63) is 10.4 Å². The van der Waals surface area contributed by atoms with Gasteiger partial charge in [-0.2, -0.15) is 0 Å². The molecular formula is C2H7N3O6S2-2. The Hall–Kier alpha value is -0.870. The summed E-state index contributed by atoms with van der Waals surface area (Å²) in [6.07, 6.45) is 1.21. The van der Waals surface area contributed by atoms with Gasteiger partial charge >= 0.3 is 0 Å². The van der Waals surface area contributed by atoms with Crippen LogP contribution in [0.1, 0.15) is 0 Å². The number of nitrogens with one attached hydrogen (secondary N) is 1. The average Bonchev–Trinajstić information content (AvgIpc) is 1.52. The van der Waals surface area contributed by atoms with E-state index in [1.54, 1.807) is 4.91 Å². The molecular weight excluding hydrogens is 226 g/mol. The lowest BCUT2D eigenvalue weighted by Crippen LogP contribution is -1.88. The van der Waals surface area contributed by atoms with Gasteiger partial charge < -0.3 is 9.11 Å². The normalized spacial score (nSPS) is 9.54. The van der Waals surface area contributed by atoms with Gasteiger partial charge in [-0.3, -0.25) is 0 Å². The molecule has 0 rings (SSSR count). The summed E-state index contributed by atoms with van der Waals surface area (Å²) < 4.78 is 54.5. The molecule has 0 spiro atoms. The van der Waals surface area contributed by atoms with Crippen molar-refractivity contribution in [2.45, 2.75) is 0 Å². The molecule has 9 nitrogen and oxygen atoms in total. The molecule has 0 aliphatic heterocycles. The molecule has 0 bridgehead atoms. The predicted molar refractivity (Wildman–Crippen MR) is 40.7 cm³/mol. The van der Waals surface area contributed by atoms with Crippen LogP contribution >= 0.6 is 0 Å². The molecule has 0 saturated carbocycles. The molecule has 0 saturated heterocycles. The molecule has 0 heterocycles. The number of hydrogen-bond donors (Lipinski definition) is 1. The summed E-state index contributed by atoms with van der Waals surface area (Å²) in [6, 6.07) is 0. The van der Waals surface area contributed by atoms with Gasteiger partial charge in [0.1, 0.15) is 0 Å². The first-order chi connectivity index (χ1) is 5.41. The van der Waals surface area contributed by atoms with Gasteiger partial charge in [-0.1, -0.05) is 0 Å². The second kappa shape index (κ2) is 7.76. The van der Waals surface area contributed by atoms with E-state index in [4.69, 9.17) is 37.0 Å².